The number of rotatable bonds is 4. The molecule has 7 aromatic carbocycles. The molecular formula is C46H34N2. The molecule has 0 N–H and O–H groups in total. The van der Waals surface area contributed by atoms with Crippen LogP contribution in [0.4, 0.5) is 0 Å². The predicted octanol–water partition coefficient (Wildman–Crippen LogP) is 12.5. The lowest BCUT2D eigenvalue weighted by atomic mass is 9.81. The maximum absolute atomic E-state index is 4.79. The zero-order valence-electron chi connectivity index (χ0n) is 27.3. The summed E-state index contributed by atoms with van der Waals surface area (Å²) in [7, 11) is 0. The van der Waals surface area contributed by atoms with Crippen molar-refractivity contribution in [1.82, 2.24) is 9.97 Å². The molecule has 2 heterocycles. The maximum Gasteiger partial charge on any atom is 0.0708 e. The van der Waals surface area contributed by atoms with Crippen molar-refractivity contribution in [3.63, 3.8) is 0 Å². The van der Waals surface area contributed by atoms with Crippen LogP contribution in [-0.4, -0.2) is 9.97 Å². The molecule has 0 aliphatic carbocycles. The molecule has 0 amide bonds. The van der Waals surface area contributed by atoms with E-state index in [1.807, 2.05) is 24.5 Å². The summed E-state index contributed by atoms with van der Waals surface area (Å²) in [5.74, 6) is 0. The summed E-state index contributed by atoms with van der Waals surface area (Å²) in [5.41, 5.74) is 10.5. The lowest BCUT2D eigenvalue weighted by Crippen LogP contribution is -2.10. The van der Waals surface area contributed by atoms with E-state index in [4.69, 9.17) is 4.98 Å². The Hall–Kier alpha value is -5.86. The quantitative estimate of drug-likeness (QED) is 0.184. The summed E-state index contributed by atoms with van der Waals surface area (Å²) in [6.07, 6.45) is 3.82. The summed E-state index contributed by atoms with van der Waals surface area (Å²) in [5, 5.41) is 10.2. The SMILES string of the molecule is CC(C)(C)c1cc2ccc3c(-c4ccc(-c5ccccn5)cc4)cc(-c4ccc(-c5cc6ccccc6cn5)cc4)c4ccc(c1)c2c34. The van der Waals surface area contributed by atoms with Gasteiger partial charge in [0.25, 0.3) is 0 Å². The minimum Gasteiger partial charge on any atom is -0.256 e. The Labute approximate surface area is 280 Å². The normalized spacial score (nSPS) is 12.1. The molecule has 2 aromatic heterocycles. The van der Waals surface area contributed by atoms with Gasteiger partial charge in [0.15, 0.2) is 0 Å². The molecule has 9 aromatic rings. The van der Waals surface area contributed by atoms with Crippen molar-refractivity contribution in [2.75, 3.05) is 0 Å². The third-order valence-corrected chi connectivity index (χ3v) is 9.86. The molecule has 2 nitrogen and oxygen atoms in total. The van der Waals surface area contributed by atoms with Gasteiger partial charge in [0.1, 0.15) is 0 Å². The molecule has 9 rings (SSSR count). The number of aromatic nitrogens is 2. The van der Waals surface area contributed by atoms with E-state index in [0.29, 0.717) is 0 Å². The van der Waals surface area contributed by atoms with E-state index in [1.54, 1.807) is 0 Å². The molecule has 0 atom stereocenters. The van der Waals surface area contributed by atoms with Crippen LogP contribution in [0.5, 0.6) is 0 Å². The van der Waals surface area contributed by atoms with Crippen molar-refractivity contribution < 1.29 is 0 Å². The molecule has 2 heteroatoms. The fourth-order valence-electron chi connectivity index (χ4n) is 7.24. The third-order valence-electron chi connectivity index (χ3n) is 9.86. The molecule has 0 fully saturated rings. The topological polar surface area (TPSA) is 25.8 Å². The first-order valence-electron chi connectivity index (χ1n) is 16.6. The molecule has 0 aliphatic rings. The number of pyridine rings is 2. The van der Waals surface area contributed by atoms with E-state index in [9.17, 15) is 0 Å². The van der Waals surface area contributed by atoms with E-state index in [0.717, 1.165) is 27.9 Å². The standard InChI is InChI=1S/C46H34N2/c1-46(2,3)37-24-34-19-21-38-40(29-11-15-31(16-12-29)42-10-6-7-23-47-42)27-41(39-22-20-35(25-37)44(34)45(38)39)30-13-17-32(18-14-30)43-26-33-8-4-5-9-36(33)28-48-43/h4-28H,1-3H3. The minimum atomic E-state index is 0.0672. The largest absolute Gasteiger partial charge is 0.256 e. The summed E-state index contributed by atoms with van der Waals surface area (Å²) in [4.78, 5) is 9.36. The molecule has 0 spiro atoms. The average Bonchev–Trinajstić information content (AvgIpc) is 3.13. The maximum atomic E-state index is 4.79. The van der Waals surface area contributed by atoms with Crippen molar-refractivity contribution >= 4 is 43.1 Å². The van der Waals surface area contributed by atoms with Gasteiger partial charge >= 0.3 is 0 Å². The molecule has 228 valence electrons. The minimum absolute atomic E-state index is 0.0672. The van der Waals surface area contributed by atoms with Gasteiger partial charge in [-0.2, -0.15) is 0 Å². The molecule has 0 saturated carbocycles. The fraction of sp³-hybridized carbons (Fsp3) is 0.0870. The summed E-state index contributed by atoms with van der Waals surface area (Å²) in [6, 6.07) is 50.9. The Kier molecular flexibility index (Phi) is 6.42. The van der Waals surface area contributed by atoms with Crippen LogP contribution in [0.25, 0.3) is 87.9 Å². The van der Waals surface area contributed by atoms with Gasteiger partial charge < -0.3 is 0 Å². The summed E-state index contributed by atoms with van der Waals surface area (Å²) < 4.78 is 0. The highest BCUT2D eigenvalue weighted by atomic mass is 14.7. The Morgan fingerprint density at radius 3 is 1.56 bits per heavy atom. The smallest absolute Gasteiger partial charge is 0.0708 e. The van der Waals surface area contributed by atoms with Crippen molar-refractivity contribution in [3.8, 4) is 44.8 Å². The van der Waals surface area contributed by atoms with Gasteiger partial charge in [-0.1, -0.05) is 136 Å². The second-order valence-corrected chi connectivity index (χ2v) is 13.9. The number of hydrogen-bond acceptors (Lipinski definition) is 2. The molecular weight excluding hydrogens is 581 g/mol. The second kappa shape index (κ2) is 10.9. The van der Waals surface area contributed by atoms with Crippen LogP contribution in [0.2, 0.25) is 0 Å². The van der Waals surface area contributed by atoms with Gasteiger partial charge in [-0.3, -0.25) is 9.97 Å². The number of hydrogen-bond donors (Lipinski definition) is 0. The van der Waals surface area contributed by atoms with Crippen LogP contribution >= 0.6 is 0 Å². The Balaban J connectivity index is 1.25. The first-order valence-corrected chi connectivity index (χ1v) is 16.6. The van der Waals surface area contributed by atoms with Gasteiger partial charge in [-0.15, -0.1) is 0 Å². The van der Waals surface area contributed by atoms with Crippen molar-refractivity contribution in [2.24, 2.45) is 0 Å². The Bertz CT molecular complexity index is 2590. The van der Waals surface area contributed by atoms with E-state index < -0.39 is 0 Å². The first kappa shape index (κ1) is 28.4. The van der Waals surface area contributed by atoms with Crippen molar-refractivity contribution in [3.05, 3.63) is 157 Å². The van der Waals surface area contributed by atoms with E-state index in [1.165, 1.54) is 65.5 Å². The van der Waals surface area contributed by atoms with Gasteiger partial charge in [-0.25, -0.2) is 0 Å². The lowest BCUT2D eigenvalue weighted by molar-refractivity contribution is 0.591. The molecule has 0 aliphatic heterocycles. The number of fused-ring (bicyclic) bond motifs is 1. The Morgan fingerprint density at radius 2 is 0.979 bits per heavy atom. The van der Waals surface area contributed by atoms with Gasteiger partial charge in [0.05, 0.1) is 11.4 Å². The second-order valence-electron chi connectivity index (χ2n) is 13.9. The molecule has 48 heavy (non-hydrogen) atoms. The van der Waals surface area contributed by atoms with Crippen LogP contribution in [-0.2, 0) is 5.41 Å². The van der Waals surface area contributed by atoms with Crippen LogP contribution in [0.3, 0.4) is 0 Å². The first-order chi connectivity index (χ1) is 23.4. The van der Waals surface area contributed by atoms with E-state index in [-0.39, 0.29) is 5.41 Å². The van der Waals surface area contributed by atoms with Crippen LogP contribution in [0.15, 0.2) is 152 Å². The van der Waals surface area contributed by atoms with Crippen LogP contribution in [0, 0.1) is 0 Å². The van der Waals surface area contributed by atoms with Gasteiger partial charge in [-0.05, 0) is 95.2 Å². The summed E-state index contributed by atoms with van der Waals surface area (Å²) in [6.45, 7) is 6.88. The average molecular weight is 615 g/mol. The highest BCUT2D eigenvalue weighted by molar-refractivity contribution is 6.28. The predicted molar refractivity (Wildman–Crippen MR) is 204 cm³/mol. The lowest BCUT2D eigenvalue weighted by Gasteiger charge is -2.23. The highest BCUT2D eigenvalue weighted by Gasteiger charge is 2.20. The zero-order chi connectivity index (χ0) is 32.4. The monoisotopic (exact) mass is 614 g/mol. The van der Waals surface area contributed by atoms with Crippen LogP contribution in [0.1, 0.15) is 26.3 Å². The highest BCUT2D eigenvalue weighted by Crippen LogP contribution is 2.45. The summed E-state index contributed by atoms with van der Waals surface area (Å²) >= 11 is 0. The molecule has 0 saturated heterocycles. The van der Waals surface area contributed by atoms with Crippen LogP contribution < -0.4 is 0 Å². The Morgan fingerprint density at radius 1 is 0.417 bits per heavy atom. The number of benzene rings is 7. The van der Waals surface area contributed by atoms with Gasteiger partial charge in [0.2, 0.25) is 0 Å². The molecule has 0 radical (unpaired) electrons. The third kappa shape index (κ3) is 4.72. The molecule has 0 bridgehead atoms. The number of nitrogens with zero attached hydrogens (tertiary/aromatic N) is 2. The van der Waals surface area contributed by atoms with Crippen molar-refractivity contribution in [2.45, 2.75) is 26.2 Å². The fourth-order valence-corrected chi connectivity index (χ4v) is 7.24. The zero-order valence-corrected chi connectivity index (χ0v) is 27.3. The van der Waals surface area contributed by atoms with Gasteiger partial charge in [0, 0.05) is 28.9 Å². The van der Waals surface area contributed by atoms with E-state index >= 15 is 0 Å². The molecule has 0 unspecified atom stereocenters. The van der Waals surface area contributed by atoms with E-state index in [2.05, 4.69) is 153 Å². The van der Waals surface area contributed by atoms with Crippen molar-refractivity contribution in [1.29, 1.82) is 0 Å².